The number of ether oxygens (including phenoxy) is 1. The SMILES string of the molecule is O=C([C@H]1CCCN(c2ncccc2C(F)(F)F)C1)N1CCC(CCN2CCOCC2)CC1. The number of carbonyl (C=O) groups is 1. The number of alkyl halides is 3. The van der Waals surface area contributed by atoms with Crippen molar-refractivity contribution in [3.8, 4) is 0 Å². The molecule has 0 aliphatic carbocycles. The molecule has 0 spiro atoms. The maximum absolute atomic E-state index is 13.4. The van der Waals surface area contributed by atoms with Crippen LogP contribution in [0.3, 0.4) is 0 Å². The van der Waals surface area contributed by atoms with Crippen molar-refractivity contribution in [1.82, 2.24) is 14.8 Å². The van der Waals surface area contributed by atoms with Crippen LogP contribution >= 0.6 is 0 Å². The zero-order chi connectivity index (χ0) is 22.6. The van der Waals surface area contributed by atoms with Crippen molar-refractivity contribution >= 4 is 11.7 Å². The molecule has 1 aromatic heterocycles. The lowest BCUT2D eigenvalue weighted by molar-refractivity contribution is -0.137. The number of morpholine rings is 1. The van der Waals surface area contributed by atoms with Crippen LogP contribution in [0.1, 0.15) is 37.7 Å². The van der Waals surface area contributed by atoms with Crippen molar-refractivity contribution in [2.45, 2.75) is 38.3 Å². The molecule has 1 amide bonds. The van der Waals surface area contributed by atoms with Crippen molar-refractivity contribution in [3.05, 3.63) is 23.9 Å². The molecule has 0 saturated carbocycles. The van der Waals surface area contributed by atoms with E-state index >= 15 is 0 Å². The first kappa shape index (κ1) is 23.3. The van der Waals surface area contributed by atoms with Crippen molar-refractivity contribution in [2.75, 3.05) is 63.9 Å². The second-order valence-electron chi connectivity index (χ2n) is 9.17. The number of hydrogen-bond donors (Lipinski definition) is 0. The molecule has 178 valence electrons. The number of pyridine rings is 1. The van der Waals surface area contributed by atoms with Gasteiger partial charge in [-0.2, -0.15) is 13.2 Å². The molecule has 3 aliphatic heterocycles. The monoisotopic (exact) mass is 454 g/mol. The summed E-state index contributed by atoms with van der Waals surface area (Å²) in [5, 5.41) is 0. The van der Waals surface area contributed by atoms with Gasteiger partial charge in [0.1, 0.15) is 5.82 Å². The Morgan fingerprint density at radius 3 is 2.56 bits per heavy atom. The topological polar surface area (TPSA) is 48.9 Å². The lowest BCUT2D eigenvalue weighted by Gasteiger charge is -2.39. The Kier molecular flexibility index (Phi) is 7.55. The Bertz CT molecular complexity index is 762. The number of hydrogen-bond acceptors (Lipinski definition) is 5. The van der Waals surface area contributed by atoms with Crippen LogP contribution in [0.5, 0.6) is 0 Å². The molecule has 0 unspecified atom stereocenters. The summed E-state index contributed by atoms with van der Waals surface area (Å²) < 4.78 is 45.7. The summed E-state index contributed by atoms with van der Waals surface area (Å²) in [6, 6.07) is 2.37. The van der Waals surface area contributed by atoms with Crippen LogP contribution in [0.4, 0.5) is 19.0 Å². The summed E-state index contributed by atoms with van der Waals surface area (Å²) in [5.41, 5.74) is -0.728. The third-order valence-corrected chi connectivity index (χ3v) is 7.05. The Labute approximate surface area is 187 Å². The summed E-state index contributed by atoms with van der Waals surface area (Å²) in [6.07, 6.45) is 1.51. The van der Waals surface area contributed by atoms with E-state index in [2.05, 4.69) is 9.88 Å². The highest BCUT2D eigenvalue weighted by Gasteiger charge is 2.38. The van der Waals surface area contributed by atoms with Gasteiger partial charge in [0.2, 0.25) is 5.91 Å². The van der Waals surface area contributed by atoms with Gasteiger partial charge >= 0.3 is 6.18 Å². The highest BCUT2D eigenvalue weighted by Crippen LogP contribution is 2.36. The van der Waals surface area contributed by atoms with Crippen LogP contribution in [0, 0.1) is 11.8 Å². The molecular formula is C23H33F3N4O2. The first-order chi connectivity index (χ1) is 15.4. The van der Waals surface area contributed by atoms with Crippen LogP contribution in [-0.2, 0) is 15.7 Å². The maximum atomic E-state index is 13.4. The van der Waals surface area contributed by atoms with E-state index < -0.39 is 11.7 Å². The van der Waals surface area contributed by atoms with Crippen LogP contribution in [-0.4, -0.2) is 79.7 Å². The molecule has 0 aromatic carbocycles. The number of anilines is 1. The highest BCUT2D eigenvalue weighted by molar-refractivity contribution is 5.80. The van der Waals surface area contributed by atoms with Crippen molar-refractivity contribution in [1.29, 1.82) is 0 Å². The number of carbonyl (C=O) groups excluding carboxylic acids is 1. The molecule has 6 nitrogen and oxygen atoms in total. The minimum Gasteiger partial charge on any atom is -0.379 e. The molecule has 4 heterocycles. The van der Waals surface area contributed by atoms with E-state index in [9.17, 15) is 18.0 Å². The van der Waals surface area contributed by atoms with Gasteiger partial charge in [-0.15, -0.1) is 0 Å². The third kappa shape index (κ3) is 5.73. The Morgan fingerprint density at radius 1 is 1.09 bits per heavy atom. The number of rotatable bonds is 5. The highest BCUT2D eigenvalue weighted by atomic mass is 19.4. The Morgan fingerprint density at radius 2 is 1.84 bits per heavy atom. The smallest absolute Gasteiger partial charge is 0.379 e. The number of likely N-dealkylation sites (tertiary alicyclic amines) is 1. The lowest BCUT2D eigenvalue weighted by atomic mass is 9.91. The van der Waals surface area contributed by atoms with Gasteiger partial charge < -0.3 is 14.5 Å². The van der Waals surface area contributed by atoms with Crippen molar-refractivity contribution in [3.63, 3.8) is 0 Å². The fraction of sp³-hybridized carbons (Fsp3) is 0.739. The molecule has 4 rings (SSSR count). The van der Waals surface area contributed by atoms with E-state index in [1.54, 1.807) is 4.90 Å². The molecule has 0 N–H and O–H groups in total. The molecule has 1 aromatic rings. The first-order valence-electron chi connectivity index (χ1n) is 11.8. The van der Waals surface area contributed by atoms with Gasteiger partial charge in [0, 0.05) is 45.5 Å². The summed E-state index contributed by atoms with van der Waals surface area (Å²) in [7, 11) is 0. The van der Waals surface area contributed by atoms with Crippen LogP contribution in [0.2, 0.25) is 0 Å². The maximum Gasteiger partial charge on any atom is 0.419 e. The predicted octanol–water partition coefficient (Wildman–Crippen LogP) is 3.28. The summed E-state index contributed by atoms with van der Waals surface area (Å²) in [6.45, 7) is 7.02. The molecule has 0 bridgehead atoms. The van der Waals surface area contributed by atoms with Gasteiger partial charge in [0.05, 0.1) is 24.7 Å². The second kappa shape index (κ2) is 10.4. The van der Waals surface area contributed by atoms with Crippen LogP contribution < -0.4 is 4.90 Å². The molecule has 3 aliphatic rings. The van der Waals surface area contributed by atoms with E-state index in [0.717, 1.165) is 77.7 Å². The van der Waals surface area contributed by atoms with Gasteiger partial charge in [-0.05, 0) is 56.7 Å². The molecular weight excluding hydrogens is 421 g/mol. The summed E-state index contributed by atoms with van der Waals surface area (Å²) in [5.74, 6) is 0.398. The average molecular weight is 455 g/mol. The number of aromatic nitrogens is 1. The first-order valence-corrected chi connectivity index (χ1v) is 11.8. The third-order valence-electron chi connectivity index (χ3n) is 7.05. The number of nitrogens with zero attached hydrogens (tertiary/aromatic N) is 4. The standard InChI is InChI=1S/C23H33F3N4O2/c24-23(25,26)20-4-1-8-27-21(20)30-9-2-3-19(17-30)22(31)29-11-6-18(7-12-29)5-10-28-13-15-32-16-14-28/h1,4,8,18-19H,2-3,5-7,9-17H2/t19-/m0/s1. The largest absolute Gasteiger partial charge is 0.419 e. The molecule has 0 radical (unpaired) electrons. The van der Waals surface area contributed by atoms with Gasteiger partial charge in [-0.25, -0.2) is 4.98 Å². The summed E-state index contributed by atoms with van der Waals surface area (Å²) in [4.78, 5) is 23.2. The quantitative estimate of drug-likeness (QED) is 0.684. The van der Waals surface area contributed by atoms with E-state index in [-0.39, 0.29) is 17.6 Å². The van der Waals surface area contributed by atoms with E-state index in [1.165, 1.54) is 12.3 Å². The zero-order valence-electron chi connectivity index (χ0n) is 18.5. The Hall–Kier alpha value is -1.87. The normalized spacial score (nSPS) is 24.0. The minimum absolute atomic E-state index is 0.0562. The zero-order valence-corrected chi connectivity index (χ0v) is 18.5. The summed E-state index contributed by atoms with van der Waals surface area (Å²) >= 11 is 0. The predicted molar refractivity (Wildman–Crippen MR) is 115 cm³/mol. The number of halogens is 3. The molecule has 1 atom stereocenters. The molecule has 3 fully saturated rings. The van der Waals surface area contributed by atoms with Crippen molar-refractivity contribution < 1.29 is 22.7 Å². The van der Waals surface area contributed by atoms with Crippen molar-refractivity contribution in [2.24, 2.45) is 11.8 Å². The Balaban J connectivity index is 1.29. The van der Waals surface area contributed by atoms with Crippen LogP contribution in [0.25, 0.3) is 0 Å². The minimum atomic E-state index is -4.45. The van der Waals surface area contributed by atoms with Gasteiger partial charge in [0.25, 0.3) is 0 Å². The number of piperidine rings is 2. The average Bonchev–Trinajstić information content (AvgIpc) is 2.83. The van der Waals surface area contributed by atoms with E-state index in [4.69, 9.17) is 4.74 Å². The van der Waals surface area contributed by atoms with Gasteiger partial charge in [-0.3, -0.25) is 9.69 Å². The fourth-order valence-electron chi connectivity index (χ4n) is 5.13. The van der Waals surface area contributed by atoms with E-state index in [1.807, 2.05) is 4.90 Å². The molecule has 9 heteroatoms. The second-order valence-corrected chi connectivity index (χ2v) is 9.17. The lowest BCUT2D eigenvalue weighted by Crippen LogP contribution is -2.48. The molecule has 32 heavy (non-hydrogen) atoms. The number of amides is 1. The fourth-order valence-corrected chi connectivity index (χ4v) is 5.13. The van der Waals surface area contributed by atoms with E-state index in [0.29, 0.717) is 25.4 Å². The van der Waals surface area contributed by atoms with Gasteiger partial charge in [0.15, 0.2) is 0 Å². The van der Waals surface area contributed by atoms with Crippen LogP contribution in [0.15, 0.2) is 18.3 Å². The van der Waals surface area contributed by atoms with Gasteiger partial charge in [-0.1, -0.05) is 0 Å². The molecule has 3 saturated heterocycles.